The van der Waals surface area contributed by atoms with Gasteiger partial charge in [0.05, 0.1) is 18.0 Å². The summed E-state index contributed by atoms with van der Waals surface area (Å²) in [5.41, 5.74) is 6.52. The minimum Gasteiger partial charge on any atom is -0.396 e. The van der Waals surface area contributed by atoms with Crippen molar-refractivity contribution in [3.8, 4) is 0 Å². The lowest BCUT2D eigenvalue weighted by atomic mass is 9.95. The van der Waals surface area contributed by atoms with Crippen LogP contribution in [0.2, 0.25) is 0 Å². The lowest BCUT2D eigenvalue weighted by Gasteiger charge is -2.36. The van der Waals surface area contributed by atoms with Gasteiger partial charge in [-0.15, -0.1) is 0 Å². The van der Waals surface area contributed by atoms with E-state index in [1.165, 1.54) is 6.20 Å². The molecule has 1 aromatic heterocycles. The van der Waals surface area contributed by atoms with Crippen molar-refractivity contribution in [3.05, 3.63) is 17.7 Å². The monoisotopic (exact) mass is 292 g/mol. The number of ether oxygens (including phenoxy) is 1. The average molecular weight is 292 g/mol. The summed E-state index contributed by atoms with van der Waals surface area (Å²) in [6.45, 7) is 7.41. The summed E-state index contributed by atoms with van der Waals surface area (Å²) in [6.07, 6.45) is 2.51. The number of nitrogens with two attached hydrogens (primary N) is 1. The fraction of sp³-hybridized carbons (Fsp3) is 0.667. The molecule has 2 unspecified atom stereocenters. The Labute approximate surface area is 125 Å². The predicted octanol–water partition coefficient (Wildman–Crippen LogP) is 1.68. The van der Waals surface area contributed by atoms with Crippen molar-refractivity contribution >= 4 is 11.6 Å². The Hall–Kier alpha value is -1.69. The van der Waals surface area contributed by atoms with Gasteiger partial charge in [-0.25, -0.2) is 9.97 Å². The fourth-order valence-electron chi connectivity index (χ4n) is 2.53. The van der Waals surface area contributed by atoms with Crippen LogP contribution >= 0.6 is 0 Å². The molecular weight excluding hydrogens is 268 g/mol. The highest BCUT2D eigenvalue weighted by atomic mass is 16.5. The molecule has 0 bridgehead atoms. The lowest BCUT2D eigenvalue weighted by molar-refractivity contribution is -0.00175. The first-order chi connectivity index (χ1) is 9.93. The summed E-state index contributed by atoms with van der Waals surface area (Å²) in [7, 11) is 1.69. The Morgan fingerprint density at radius 3 is 2.86 bits per heavy atom. The third kappa shape index (κ3) is 3.32. The quantitative estimate of drug-likeness (QED) is 0.916. The number of nitrogens with zero attached hydrogens (tertiary/aromatic N) is 3. The fourth-order valence-corrected chi connectivity index (χ4v) is 2.53. The average Bonchev–Trinajstić information content (AvgIpc) is 2.47. The van der Waals surface area contributed by atoms with Crippen LogP contribution in [-0.4, -0.2) is 47.1 Å². The van der Waals surface area contributed by atoms with E-state index < -0.39 is 0 Å². The molecule has 116 valence electrons. The van der Waals surface area contributed by atoms with E-state index in [0.29, 0.717) is 36.2 Å². The molecule has 1 amide bonds. The van der Waals surface area contributed by atoms with Crippen LogP contribution in [0.4, 0.5) is 5.69 Å². The molecule has 2 rings (SSSR count). The van der Waals surface area contributed by atoms with E-state index in [9.17, 15) is 4.79 Å². The van der Waals surface area contributed by atoms with E-state index in [1.54, 1.807) is 12.0 Å². The first-order valence-electron chi connectivity index (χ1n) is 7.38. The molecule has 6 heteroatoms. The van der Waals surface area contributed by atoms with Crippen LogP contribution < -0.4 is 5.73 Å². The number of amides is 1. The standard InChI is InChI=1S/C15H24N4O2/c1-9(2)14-17-7-11(16)13(18-14)15(20)19-6-5-10(3)12(8-19)21-4/h7,9-10,12H,5-6,8,16H2,1-4H3. The topological polar surface area (TPSA) is 81.3 Å². The molecule has 2 atom stereocenters. The maximum atomic E-state index is 12.7. The van der Waals surface area contributed by atoms with Crippen molar-refractivity contribution in [1.29, 1.82) is 0 Å². The molecular formula is C15H24N4O2. The van der Waals surface area contributed by atoms with Crippen molar-refractivity contribution in [1.82, 2.24) is 14.9 Å². The molecule has 0 aliphatic carbocycles. The molecule has 0 aromatic carbocycles. The Bertz CT molecular complexity index is 518. The van der Waals surface area contributed by atoms with E-state index in [2.05, 4.69) is 16.9 Å². The van der Waals surface area contributed by atoms with Crippen molar-refractivity contribution in [2.24, 2.45) is 5.92 Å². The van der Waals surface area contributed by atoms with Gasteiger partial charge in [0.15, 0.2) is 5.69 Å². The highest BCUT2D eigenvalue weighted by Gasteiger charge is 2.30. The number of piperidine rings is 1. The largest absolute Gasteiger partial charge is 0.396 e. The van der Waals surface area contributed by atoms with Crippen molar-refractivity contribution in [3.63, 3.8) is 0 Å². The third-order valence-corrected chi connectivity index (χ3v) is 4.03. The van der Waals surface area contributed by atoms with Crippen molar-refractivity contribution in [2.75, 3.05) is 25.9 Å². The van der Waals surface area contributed by atoms with E-state index in [0.717, 1.165) is 6.42 Å². The second kappa shape index (κ2) is 6.39. The number of aromatic nitrogens is 2. The number of likely N-dealkylation sites (tertiary alicyclic amines) is 1. The van der Waals surface area contributed by atoms with Crippen LogP contribution in [0.15, 0.2) is 6.20 Å². The minimum atomic E-state index is -0.134. The summed E-state index contributed by atoms with van der Waals surface area (Å²) in [6, 6.07) is 0. The predicted molar refractivity (Wildman–Crippen MR) is 81.0 cm³/mol. The number of hydrogen-bond acceptors (Lipinski definition) is 5. The van der Waals surface area contributed by atoms with Gasteiger partial charge in [-0.05, 0) is 12.3 Å². The third-order valence-electron chi connectivity index (χ3n) is 4.03. The molecule has 2 heterocycles. The first kappa shape index (κ1) is 15.7. The SMILES string of the molecule is COC1CN(C(=O)c2nc(C(C)C)ncc2N)CCC1C. The smallest absolute Gasteiger partial charge is 0.274 e. The van der Waals surface area contributed by atoms with Crippen molar-refractivity contribution < 1.29 is 9.53 Å². The maximum Gasteiger partial charge on any atom is 0.274 e. The number of methoxy groups -OCH3 is 1. The van der Waals surface area contributed by atoms with E-state index in [-0.39, 0.29) is 17.9 Å². The Morgan fingerprint density at radius 1 is 1.52 bits per heavy atom. The Kier molecular flexibility index (Phi) is 4.77. The minimum absolute atomic E-state index is 0.0651. The number of carbonyl (C=O) groups is 1. The molecule has 0 saturated carbocycles. The molecule has 21 heavy (non-hydrogen) atoms. The number of hydrogen-bond donors (Lipinski definition) is 1. The zero-order chi connectivity index (χ0) is 15.6. The highest BCUT2D eigenvalue weighted by Crippen LogP contribution is 2.22. The van der Waals surface area contributed by atoms with Gasteiger partial charge in [0.2, 0.25) is 0 Å². The number of carbonyl (C=O) groups excluding carboxylic acids is 1. The van der Waals surface area contributed by atoms with Crippen LogP contribution in [0.5, 0.6) is 0 Å². The molecule has 1 aliphatic heterocycles. The summed E-state index contributed by atoms with van der Waals surface area (Å²) >= 11 is 0. The van der Waals surface area contributed by atoms with E-state index in [4.69, 9.17) is 10.5 Å². The zero-order valence-electron chi connectivity index (χ0n) is 13.2. The molecule has 0 spiro atoms. The van der Waals surface area contributed by atoms with Crippen LogP contribution in [0.3, 0.4) is 0 Å². The van der Waals surface area contributed by atoms with Gasteiger partial charge in [-0.1, -0.05) is 20.8 Å². The second-order valence-electron chi connectivity index (χ2n) is 5.98. The van der Waals surface area contributed by atoms with Gasteiger partial charge in [0, 0.05) is 26.1 Å². The van der Waals surface area contributed by atoms with Crippen LogP contribution in [-0.2, 0) is 4.74 Å². The summed E-state index contributed by atoms with van der Waals surface area (Å²) < 4.78 is 5.45. The Morgan fingerprint density at radius 2 is 2.24 bits per heavy atom. The van der Waals surface area contributed by atoms with Gasteiger partial charge >= 0.3 is 0 Å². The number of anilines is 1. The number of nitrogen functional groups attached to an aromatic ring is 1. The van der Waals surface area contributed by atoms with Crippen LogP contribution in [0, 0.1) is 5.92 Å². The zero-order valence-corrected chi connectivity index (χ0v) is 13.2. The highest BCUT2D eigenvalue weighted by molar-refractivity contribution is 5.97. The molecule has 1 fully saturated rings. The molecule has 1 saturated heterocycles. The normalized spacial score (nSPS) is 22.6. The molecule has 2 N–H and O–H groups in total. The molecule has 1 aromatic rings. The molecule has 1 aliphatic rings. The van der Waals surface area contributed by atoms with Gasteiger partial charge in [-0.2, -0.15) is 0 Å². The van der Waals surface area contributed by atoms with Gasteiger partial charge in [-0.3, -0.25) is 4.79 Å². The summed E-state index contributed by atoms with van der Waals surface area (Å²) in [5, 5.41) is 0. The van der Waals surface area contributed by atoms with E-state index in [1.807, 2.05) is 13.8 Å². The maximum absolute atomic E-state index is 12.7. The number of rotatable bonds is 3. The second-order valence-corrected chi connectivity index (χ2v) is 5.98. The van der Waals surface area contributed by atoms with Crippen molar-refractivity contribution in [2.45, 2.75) is 39.2 Å². The van der Waals surface area contributed by atoms with Gasteiger partial charge in [0.25, 0.3) is 5.91 Å². The van der Waals surface area contributed by atoms with Crippen LogP contribution in [0.25, 0.3) is 0 Å². The van der Waals surface area contributed by atoms with Crippen LogP contribution in [0.1, 0.15) is 49.4 Å². The van der Waals surface area contributed by atoms with Gasteiger partial charge < -0.3 is 15.4 Å². The molecule has 0 radical (unpaired) electrons. The van der Waals surface area contributed by atoms with Gasteiger partial charge in [0.1, 0.15) is 5.82 Å². The summed E-state index contributed by atoms with van der Waals surface area (Å²) in [4.78, 5) is 23.0. The first-order valence-corrected chi connectivity index (χ1v) is 7.38. The Balaban J connectivity index is 2.22. The summed E-state index contributed by atoms with van der Waals surface area (Å²) in [5.74, 6) is 1.12. The molecule has 6 nitrogen and oxygen atoms in total. The lowest BCUT2D eigenvalue weighted by Crippen LogP contribution is -2.47. The van der Waals surface area contributed by atoms with E-state index >= 15 is 0 Å².